The number of carbonyl (C=O) groups is 1. The smallest absolute Gasteiger partial charge is 0.287 e. The van der Waals surface area contributed by atoms with Crippen molar-refractivity contribution < 1.29 is 13.9 Å². The highest BCUT2D eigenvalue weighted by molar-refractivity contribution is 5.92. The van der Waals surface area contributed by atoms with Crippen molar-refractivity contribution in [3.05, 3.63) is 23.7 Å². The molecule has 2 aliphatic carbocycles. The zero-order chi connectivity index (χ0) is 20.7. The van der Waals surface area contributed by atoms with Crippen molar-refractivity contribution in [2.45, 2.75) is 71.4 Å². The standard InChI is InChI=1S/C22H36N4O3/c1-4-23-21(25-13-8-12-24-20(27)19-16(3)9-14-29-19)26-17-15-18(28-5-2)22(17)10-6-7-11-22/h9,14,17-18H,4-8,10-13,15H2,1-3H3,(H,24,27)(H2,23,25,26). The minimum Gasteiger partial charge on any atom is -0.459 e. The summed E-state index contributed by atoms with van der Waals surface area (Å²) in [4.78, 5) is 16.8. The Morgan fingerprint density at radius 2 is 2.10 bits per heavy atom. The SMILES string of the molecule is CCNC(=NCCCNC(=O)c1occc1C)NC1CC(OCC)C12CCCC2. The number of nitrogens with zero attached hydrogens (tertiary/aromatic N) is 1. The lowest BCUT2D eigenvalue weighted by atomic mass is 9.60. The van der Waals surface area contributed by atoms with Crippen molar-refractivity contribution in [3.8, 4) is 0 Å². The number of aryl methyl sites for hydroxylation is 1. The van der Waals surface area contributed by atoms with Crippen LogP contribution in [0.1, 0.15) is 68.5 Å². The van der Waals surface area contributed by atoms with Gasteiger partial charge in [-0.25, -0.2) is 0 Å². The Bertz CT molecular complexity index is 694. The maximum atomic E-state index is 12.1. The lowest BCUT2D eigenvalue weighted by molar-refractivity contribution is -0.125. The van der Waals surface area contributed by atoms with E-state index in [0.717, 1.165) is 37.5 Å². The summed E-state index contributed by atoms with van der Waals surface area (Å²) in [6.45, 7) is 8.87. The van der Waals surface area contributed by atoms with Crippen molar-refractivity contribution in [2.24, 2.45) is 10.4 Å². The van der Waals surface area contributed by atoms with Gasteiger partial charge in [-0.05, 0) is 52.5 Å². The van der Waals surface area contributed by atoms with Gasteiger partial charge in [-0.15, -0.1) is 0 Å². The molecule has 0 radical (unpaired) electrons. The molecule has 2 unspecified atom stereocenters. The molecule has 0 aliphatic heterocycles. The first-order valence-electron chi connectivity index (χ1n) is 11.1. The fourth-order valence-corrected chi connectivity index (χ4v) is 4.73. The molecule has 1 aromatic heterocycles. The molecule has 2 saturated carbocycles. The van der Waals surface area contributed by atoms with E-state index >= 15 is 0 Å². The average molecular weight is 405 g/mol. The third-order valence-corrected chi connectivity index (χ3v) is 6.30. The Hall–Kier alpha value is -2.02. The number of amides is 1. The third-order valence-electron chi connectivity index (χ3n) is 6.30. The highest BCUT2D eigenvalue weighted by atomic mass is 16.5. The summed E-state index contributed by atoms with van der Waals surface area (Å²) in [5.41, 5.74) is 1.13. The second kappa shape index (κ2) is 10.1. The highest BCUT2D eigenvalue weighted by Crippen LogP contribution is 2.54. The van der Waals surface area contributed by atoms with E-state index in [4.69, 9.17) is 14.1 Å². The summed E-state index contributed by atoms with van der Waals surface area (Å²) < 4.78 is 11.2. The molecule has 2 aliphatic rings. The van der Waals surface area contributed by atoms with Gasteiger partial charge in [0.15, 0.2) is 11.7 Å². The average Bonchev–Trinajstić information content (AvgIpc) is 3.37. The summed E-state index contributed by atoms with van der Waals surface area (Å²) in [5, 5.41) is 9.92. The van der Waals surface area contributed by atoms with Crippen LogP contribution in [0.15, 0.2) is 21.7 Å². The van der Waals surface area contributed by atoms with E-state index in [0.29, 0.717) is 31.0 Å². The number of ether oxygens (including phenoxy) is 1. The van der Waals surface area contributed by atoms with Crippen LogP contribution in [-0.4, -0.2) is 50.3 Å². The first kappa shape index (κ1) is 21.7. The Balaban J connectivity index is 1.46. The predicted molar refractivity (Wildman–Crippen MR) is 114 cm³/mol. The topological polar surface area (TPSA) is 87.9 Å². The maximum Gasteiger partial charge on any atom is 0.287 e. The van der Waals surface area contributed by atoms with E-state index in [9.17, 15) is 4.79 Å². The van der Waals surface area contributed by atoms with Gasteiger partial charge in [0, 0.05) is 43.3 Å². The molecule has 29 heavy (non-hydrogen) atoms. The molecule has 2 atom stereocenters. The Labute approximate surface area is 174 Å². The normalized spacial score (nSPS) is 23.1. The molecular formula is C22H36N4O3. The van der Waals surface area contributed by atoms with Crippen LogP contribution >= 0.6 is 0 Å². The number of carbonyl (C=O) groups excluding carboxylic acids is 1. The molecule has 1 heterocycles. The number of hydrogen-bond acceptors (Lipinski definition) is 4. The van der Waals surface area contributed by atoms with Crippen molar-refractivity contribution >= 4 is 11.9 Å². The molecule has 7 heteroatoms. The van der Waals surface area contributed by atoms with E-state index in [1.54, 1.807) is 6.07 Å². The zero-order valence-electron chi connectivity index (χ0n) is 18.1. The van der Waals surface area contributed by atoms with Gasteiger partial charge < -0.3 is 25.1 Å². The second-order valence-corrected chi connectivity index (χ2v) is 8.12. The van der Waals surface area contributed by atoms with Crippen LogP contribution in [0.4, 0.5) is 0 Å². The van der Waals surface area contributed by atoms with Crippen molar-refractivity contribution in [2.75, 3.05) is 26.2 Å². The lowest BCUT2D eigenvalue weighted by Crippen LogP contribution is -2.65. The molecule has 162 valence electrons. The quantitative estimate of drug-likeness (QED) is 0.335. The minimum atomic E-state index is -0.166. The van der Waals surface area contributed by atoms with Crippen LogP contribution in [0.25, 0.3) is 0 Å². The molecule has 1 aromatic rings. The molecule has 1 amide bonds. The van der Waals surface area contributed by atoms with E-state index < -0.39 is 0 Å². The fourth-order valence-electron chi connectivity index (χ4n) is 4.73. The van der Waals surface area contributed by atoms with E-state index in [1.165, 1.54) is 31.9 Å². The molecular weight excluding hydrogens is 368 g/mol. The van der Waals surface area contributed by atoms with E-state index in [2.05, 4.69) is 29.8 Å². The number of nitrogens with one attached hydrogen (secondary N) is 3. The van der Waals surface area contributed by atoms with Gasteiger partial charge in [-0.1, -0.05) is 12.8 Å². The monoisotopic (exact) mass is 404 g/mol. The number of rotatable bonds is 9. The van der Waals surface area contributed by atoms with Gasteiger partial charge in [0.1, 0.15) is 0 Å². The Morgan fingerprint density at radius 1 is 1.31 bits per heavy atom. The van der Waals surface area contributed by atoms with Gasteiger partial charge in [0.25, 0.3) is 5.91 Å². The van der Waals surface area contributed by atoms with Crippen LogP contribution in [0.2, 0.25) is 0 Å². The van der Waals surface area contributed by atoms with Gasteiger partial charge in [0.05, 0.1) is 12.4 Å². The third kappa shape index (κ3) is 4.94. The van der Waals surface area contributed by atoms with E-state index in [-0.39, 0.29) is 11.3 Å². The molecule has 1 spiro atoms. The first-order valence-corrected chi connectivity index (χ1v) is 11.1. The Kier molecular flexibility index (Phi) is 7.58. The minimum absolute atomic E-state index is 0.166. The summed E-state index contributed by atoms with van der Waals surface area (Å²) >= 11 is 0. The number of furan rings is 1. The van der Waals surface area contributed by atoms with Crippen LogP contribution in [-0.2, 0) is 4.74 Å². The molecule has 7 nitrogen and oxygen atoms in total. The molecule has 2 fully saturated rings. The molecule has 0 aromatic carbocycles. The fraction of sp³-hybridized carbons (Fsp3) is 0.727. The van der Waals surface area contributed by atoms with Gasteiger partial charge >= 0.3 is 0 Å². The summed E-state index contributed by atoms with van der Waals surface area (Å²) in [6.07, 6.45) is 8.83. The van der Waals surface area contributed by atoms with Crippen LogP contribution in [0, 0.1) is 12.3 Å². The molecule has 3 N–H and O–H groups in total. The first-order chi connectivity index (χ1) is 14.1. The zero-order valence-corrected chi connectivity index (χ0v) is 18.1. The van der Waals surface area contributed by atoms with Crippen molar-refractivity contribution in [3.63, 3.8) is 0 Å². The maximum absolute atomic E-state index is 12.1. The van der Waals surface area contributed by atoms with E-state index in [1.807, 2.05) is 6.92 Å². The number of guanidine groups is 1. The van der Waals surface area contributed by atoms with Gasteiger partial charge in [-0.3, -0.25) is 9.79 Å². The molecule has 3 rings (SSSR count). The number of aliphatic imine (C=N–C) groups is 1. The molecule has 0 saturated heterocycles. The lowest BCUT2D eigenvalue weighted by Gasteiger charge is -2.54. The number of hydrogen-bond donors (Lipinski definition) is 3. The second-order valence-electron chi connectivity index (χ2n) is 8.12. The van der Waals surface area contributed by atoms with Crippen molar-refractivity contribution in [1.29, 1.82) is 0 Å². The summed E-state index contributed by atoms with van der Waals surface area (Å²) in [7, 11) is 0. The largest absolute Gasteiger partial charge is 0.459 e. The van der Waals surface area contributed by atoms with Crippen molar-refractivity contribution in [1.82, 2.24) is 16.0 Å². The predicted octanol–water partition coefficient (Wildman–Crippen LogP) is 3.00. The van der Waals surface area contributed by atoms with Gasteiger partial charge in [-0.2, -0.15) is 0 Å². The highest BCUT2D eigenvalue weighted by Gasteiger charge is 2.56. The Morgan fingerprint density at radius 3 is 2.76 bits per heavy atom. The molecule has 0 bridgehead atoms. The summed E-state index contributed by atoms with van der Waals surface area (Å²) in [5.74, 6) is 1.09. The van der Waals surface area contributed by atoms with Crippen LogP contribution in [0.3, 0.4) is 0 Å². The van der Waals surface area contributed by atoms with Crippen LogP contribution in [0.5, 0.6) is 0 Å². The summed E-state index contributed by atoms with van der Waals surface area (Å²) in [6, 6.07) is 2.22. The van der Waals surface area contributed by atoms with Gasteiger partial charge in [0.2, 0.25) is 0 Å². The van der Waals surface area contributed by atoms with Crippen LogP contribution < -0.4 is 16.0 Å².